The van der Waals surface area contributed by atoms with Gasteiger partial charge in [-0.2, -0.15) is 0 Å². The van der Waals surface area contributed by atoms with Crippen molar-refractivity contribution in [2.75, 3.05) is 6.54 Å². The average molecular weight is 261 g/mol. The number of nitrogens with one attached hydrogen (secondary N) is 1. The Labute approximate surface area is 117 Å². The van der Waals surface area contributed by atoms with Crippen molar-refractivity contribution in [1.82, 2.24) is 5.32 Å². The van der Waals surface area contributed by atoms with Gasteiger partial charge in [-0.1, -0.05) is 58.0 Å². The molecule has 0 bridgehead atoms. The van der Waals surface area contributed by atoms with Gasteiger partial charge in [0.2, 0.25) is 0 Å². The molecular weight excluding hydrogens is 234 g/mol. The van der Waals surface area contributed by atoms with E-state index in [1.54, 1.807) is 0 Å². The van der Waals surface area contributed by atoms with Crippen LogP contribution in [-0.4, -0.2) is 18.7 Å². The fraction of sp³-hybridized carbons (Fsp3) is 0.647. The lowest BCUT2D eigenvalue weighted by Crippen LogP contribution is -2.48. The fourth-order valence-electron chi connectivity index (χ4n) is 2.86. The van der Waals surface area contributed by atoms with Gasteiger partial charge >= 0.3 is 0 Å². The predicted octanol–water partition coefficient (Wildman–Crippen LogP) is 3.93. The molecule has 1 aromatic carbocycles. The third-order valence-electron chi connectivity index (χ3n) is 3.72. The second-order valence-corrected chi connectivity index (χ2v) is 6.78. The van der Waals surface area contributed by atoms with Gasteiger partial charge < -0.3 is 10.1 Å². The number of hydrogen-bond donors (Lipinski definition) is 1. The molecule has 2 heteroatoms. The average Bonchev–Trinajstić information content (AvgIpc) is 2.38. The zero-order valence-corrected chi connectivity index (χ0v) is 12.6. The number of rotatable bonds is 3. The highest BCUT2D eigenvalue weighted by molar-refractivity contribution is 5.20. The van der Waals surface area contributed by atoms with E-state index < -0.39 is 0 Å². The van der Waals surface area contributed by atoms with E-state index in [4.69, 9.17) is 4.74 Å². The molecule has 3 unspecified atom stereocenters. The van der Waals surface area contributed by atoms with Crippen molar-refractivity contribution in [2.24, 2.45) is 5.41 Å². The zero-order valence-electron chi connectivity index (χ0n) is 12.6. The van der Waals surface area contributed by atoms with Gasteiger partial charge in [-0.3, -0.25) is 0 Å². The summed E-state index contributed by atoms with van der Waals surface area (Å²) >= 11 is 0. The van der Waals surface area contributed by atoms with Crippen molar-refractivity contribution in [3.8, 4) is 0 Å². The lowest BCUT2D eigenvalue weighted by atomic mass is 9.87. The first-order chi connectivity index (χ1) is 8.99. The Bertz CT molecular complexity index is 382. The Morgan fingerprint density at radius 2 is 1.89 bits per heavy atom. The summed E-state index contributed by atoms with van der Waals surface area (Å²) in [6, 6.07) is 11.0. The minimum Gasteiger partial charge on any atom is -0.367 e. The van der Waals surface area contributed by atoms with E-state index in [0.717, 1.165) is 19.4 Å². The maximum Gasteiger partial charge on any atom is 0.0982 e. The zero-order chi connectivity index (χ0) is 13.9. The Morgan fingerprint density at radius 1 is 1.21 bits per heavy atom. The van der Waals surface area contributed by atoms with Crippen molar-refractivity contribution >= 4 is 0 Å². The lowest BCUT2D eigenvalue weighted by Gasteiger charge is -2.39. The maximum absolute atomic E-state index is 6.39. The summed E-state index contributed by atoms with van der Waals surface area (Å²) in [5, 5.41) is 3.67. The van der Waals surface area contributed by atoms with Crippen LogP contribution in [0.5, 0.6) is 0 Å². The van der Waals surface area contributed by atoms with Gasteiger partial charge in [-0.05, 0) is 23.8 Å². The topological polar surface area (TPSA) is 21.3 Å². The number of hydrogen-bond acceptors (Lipinski definition) is 2. The molecule has 1 saturated heterocycles. The standard InChI is InChI=1S/C17H27NO/c1-5-15-16(13-9-7-6-8-10-13)19-14(12-18-15)11-17(2,3)4/h6-10,14-16,18H,5,11-12H2,1-4H3. The molecule has 1 aliphatic heterocycles. The maximum atomic E-state index is 6.39. The largest absolute Gasteiger partial charge is 0.367 e. The highest BCUT2D eigenvalue weighted by Gasteiger charge is 2.32. The summed E-state index contributed by atoms with van der Waals surface area (Å²) in [5.74, 6) is 0. The van der Waals surface area contributed by atoms with Gasteiger partial charge in [0.25, 0.3) is 0 Å². The molecule has 1 aliphatic rings. The molecule has 1 aromatic rings. The van der Waals surface area contributed by atoms with E-state index in [1.807, 2.05) is 0 Å². The summed E-state index contributed by atoms with van der Waals surface area (Å²) in [6.07, 6.45) is 2.70. The van der Waals surface area contributed by atoms with Gasteiger partial charge in [0.05, 0.1) is 12.2 Å². The van der Waals surface area contributed by atoms with Gasteiger partial charge in [0.15, 0.2) is 0 Å². The van der Waals surface area contributed by atoms with E-state index in [1.165, 1.54) is 5.56 Å². The van der Waals surface area contributed by atoms with Gasteiger partial charge in [-0.15, -0.1) is 0 Å². The van der Waals surface area contributed by atoms with E-state index in [2.05, 4.69) is 63.3 Å². The molecule has 1 N–H and O–H groups in total. The fourth-order valence-corrected chi connectivity index (χ4v) is 2.86. The van der Waals surface area contributed by atoms with Crippen LogP contribution in [0.3, 0.4) is 0 Å². The Morgan fingerprint density at radius 3 is 2.47 bits per heavy atom. The molecule has 1 heterocycles. The second-order valence-electron chi connectivity index (χ2n) is 6.78. The summed E-state index contributed by atoms with van der Waals surface area (Å²) < 4.78 is 6.39. The molecule has 3 atom stereocenters. The molecule has 0 amide bonds. The molecule has 106 valence electrons. The Kier molecular flexibility index (Phi) is 4.64. The van der Waals surface area contributed by atoms with Crippen LogP contribution in [-0.2, 0) is 4.74 Å². The Balaban J connectivity index is 2.09. The first kappa shape index (κ1) is 14.5. The molecule has 1 fully saturated rings. The molecule has 0 aliphatic carbocycles. The van der Waals surface area contributed by atoms with Gasteiger partial charge in [-0.25, -0.2) is 0 Å². The minimum atomic E-state index is 0.187. The van der Waals surface area contributed by atoms with Gasteiger partial charge in [0, 0.05) is 12.6 Å². The summed E-state index contributed by atoms with van der Waals surface area (Å²) in [4.78, 5) is 0. The number of ether oxygens (including phenoxy) is 1. The van der Waals surface area contributed by atoms with Crippen LogP contribution in [0.15, 0.2) is 30.3 Å². The predicted molar refractivity (Wildman–Crippen MR) is 80.2 cm³/mol. The first-order valence-corrected chi connectivity index (χ1v) is 7.43. The quantitative estimate of drug-likeness (QED) is 0.890. The van der Waals surface area contributed by atoms with E-state index in [9.17, 15) is 0 Å². The van der Waals surface area contributed by atoms with Crippen LogP contribution < -0.4 is 5.32 Å². The van der Waals surface area contributed by atoms with E-state index in [0.29, 0.717) is 17.6 Å². The molecule has 0 spiro atoms. The third-order valence-corrected chi connectivity index (χ3v) is 3.72. The van der Waals surface area contributed by atoms with Crippen LogP contribution in [0, 0.1) is 5.41 Å². The summed E-state index contributed by atoms with van der Waals surface area (Å²) in [6.45, 7) is 10.0. The first-order valence-electron chi connectivity index (χ1n) is 7.43. The number of benzene rings is 1. The molecule has 2 rings (SSSR count). The molecule has 19 heavy (non-hydrogen) atoms. The lowest BCUT2D eigenvalue weighted by molar-refractivity contribution is -0.0797. The number of morpholine rings is 1. The van der Waals surface area contributed by atoms with Crippen LogP contribution >= 0.6 is 0 Å². The van der Waals surface area contributed by atoms with Crippen LogP contribution in [0.1, 0.15) is 52.2 Å². The van der Waals surface area contributed by atoms with Crippen LogP contribution in [0.4, 0.5) is 0 Å². The highest BCUT2D eigenvalue weighted by atomic mass is 16.5. The SMILES string of the molecule is CCC1NCC(CC(C)(C)C)OC1c1ccccc1. The van der Waals surface area contributed by atoms with E-state index >= 15 is 0 Å². The monoisotopic (exact) mass is 261 g/mol. The third kappa shape index (κ3) is 4.05. The van der Waals surface area contributed by atoms with Gasteiger partial charge in [0.1, 0.15) is 0 Å². The van der Waals surface area contributed by atoms with Crippen molar-refractivity contribution in [3.63, 3.8) is 0 Å². The Hall–Kier alpha value is -0.860. The van der Waals surface area contributed by atoms with Crippen molar-refractivity contribution in [2.45, 2.75) is 58.8 Å². The molecule has 0 saturated carbocycles. The smallest absolute Gasteiger partial charge is 0.0982 e. The van der Waals surface area contributed by atoms with Crippen molar-refractivity contribution in [1.29, 1.82) is 0 Å². The molecule has 0 radical (unpaired) electrons. The normalized spacial score (nSPS) is 28.3. The van der Waals surface area contributed by atoms with Crippen molar-refractivity contribution in [3.05, 3.63) is 35.9 Å². The van der Waals surface area contributed by atoms with Crippen molar-refractivity contribution < 1.29 is 4.74 Å². The van der Waals surface area contributed by atoms with Crippen LogP contribution in [0.25, 0.3) is 0 Å². The highest BCUT2D eigenvalue weighted by Crippen LogP contribution is 2.32. The van der Waals surface area contributed by atoms with Crippen LogP contribution in [0.2, 0.25) is 0 Å². The molecule has 2 nitrogen and oxygen atoms in total. The van der Waals surface area contributed by atoms with E-state index in [-0.39, 0.29) is 6.10 Å². The minimum absolute atomic E-state index is 0.187. The summed E-state index contributed by atoms with van der Waals surface area (Å²) in [7, 11) is 0. The molecular formula is C17H27NO. The second kappa shape index (κ2) is 6.06. The summed E-state index contributed by atoms with van der Waals surface area (Å²) in [5.41, 5.74) is 1.60. The molecule has 0 aromatic heterocycles.